The van der Waals surface area contributed by atoms with Gasteiger partial charge < -0.3 is 44.7 Å². The maximum atomic E-state index is 12.7. The van der Waals surface area contributed by atoms with E-state index in [-0.39, 0.29) is 29.4 Å². The van der Waals surface area contributed by atoms with E-state index < -0.39 is 6.10 Å². The fourth-order valence-electron chi connectivity index (χ4n) is 7.52. The van der Waals surface area contributed by atoms with Gasteiger partial charge >= 0.3 is 0 Å². The molecule has 2 aliphatic heterocycles. The molecule has 0 saturated carbocycles. The topological polar surface area (TPSA) is 143 Å². The number of carbonyl (C=O) groups is 1. The van der Waals surface area contributed by atoms with E-state index in [1.54, 1.807) is 24.1 Å². The molecule has 0 aliphatic carbocycles. The van der Waals surface area contributed by atoms with Gasteiger partial charge in [-0.15, -0.1) is 0 Å². The maximum absolute atomic E-state index is 12.7. The van der Waals surface area contributed by atoms with E-state index in [4.69, 9.17) is 9.47 Å². The van der Waals surface area contributed by atoms with Gasteiger partial charge in [0, 0.05) is 77.1 Å². The van der Waals surface area contributed by atoms with E-state index >= 15 is 0 Å². The summed E-state index contributed by atoms with van der Waals surface area (Å²) in [6, 6.07) is 19.1. The van der Waals surface area contributed by atoms with Crippen molar-refractivity contribution < 1.29 is 24.5 Å². The number of fused-ring (bicyclic) bond motifs is 1. The predicted molar refractivity (Wildman–Crippen MR) is 211 cm³/mol. The van der Waals surface area contributed by atoms with Crippen molar-refractivity contribution in [2.24, 2.45) is 0 Å². The molecule has 2 fully saturated rings. The minimum Gasteiger partial charge on any atom is -0.506 e. The van der Waals surface area contributed by atoms with E-state index in [9.17, 15) is 19.8 Å². The first-order chi connectivity index (χ1) is 26.2. The molecule has 2 saturated heterocycles. The van der Waals surface area contributed by atoms with E-state index in [2.05, 4.69) is 68.4 Å². The Bertz CT molecular complexity index is 1890. The van der Waals surface area contributed by atoms with Crippen molar-refractivity contribution in [1.29, 1.82) is 0 Å². The third kappa shape index (κ3) is 10.5. The maximum Gasteiger partial charge on any atom is 0.248 e. The number of aromatic hydroxyl groups is 1. The smallest absolute Gasteiger partial charge is 0.248 e. The number of H-pyrrole nitrogens is 1. The van der Waals surface area contributed by atoms with Gasteiger partial charge in [0.1, 0.15) is 11.6 Å². The third-order valence-electron chi connectivity index (χ3n) is 10.9. The van der Waals surface area contributed by atoms with Gasteiger partial charge in [0.15, 0.2) is 0 Å². The molecule has 4 heterocycles. The van der Waals surface area contributed by atoms with Crippen LogP contribution in [0.25, 0.3) is 10.9 Å². The number of amides is 1. The molecule has 54 heavy (non-hydrogen) atoms. The summed E-state index contributed by atoms with van der Waals surface area (Å²) in [5.74, 6) is 1.03. The molecule has 4 N–H and O–H groups in total. The molecular formula is C42H56N6O6. The van der Waals surface area contributed by atoms with Crippen LogP contribution in [0.1, 0.15) is 54.5 Å². The Labute approximate surface area is 318 Å². The Morgan fingerprint density at radius 3 is 2.69 bits per heavy atom. The number of phenols is 1. The molecule has 2 aliphatic rings. The van der Waals surface area contributed by atoms with Crippen LogP contribution in [0, 0.1) is 0 Å². The van der Waals surface area contributed by atoms with Gasteiger partial charge in [0.25, 0.3) is 0 Å². The first-order valence-corrected chi connectivity index (χ1v) is 19.4. The third-order valence-corrected chi connectivity index (χ3v) is 10.9. The van der Waals surface area contributed by atoms with E-state index in [0.717, 1.165) is 77.3 Å². The number of aromatic amines is 1. The summed E-state index contributed by atoms with van der Waals surface area (Å²) in [7, 11) is 1.76. The number of ether oxygens (including phenoxy) is 2. The Hall–Kier alpha value is -4.33. The Morgan fingerprint density at radius 2 is 1.87 bits per heavy atom. The minimum atomic E-state index is -0.853. The molecule has 12 nitrogen and oxygen atoms in total. The second-order valence-corrected chi connectivity index (χ2v) is 14.7. The number of benzene rings is 2. The number of nitrogens with zero attached hydrogens (tertiary/aromatic N) is 4. The molecule has 1 atom stereocenters. The highest BCUT2D eigenvalue weighted by molar-refractivity contribution is 5.87. The summed E-state index contributed by atoms with van der Waals surface area (Å²) in [6.45, 7) is 10.0. The van der Waals surface area contributed by atoms with Crippen LogP contribution in [-0.2, 0) is 33.5 Å². The summed E-state index contributed by atoms with van der Waals surface area (Å²) < 4.78 is 12.3. The number of hydrogen-bond donors (Lipinski definition) is 4. The normalized spacial score (nSPS) is 16.5. The van der Waals surface area contributed by atoms with Crippen molar-refractivity contribution in [2.75, 3.05) is 84.1 Å². The van der Waals surface area contributed by atoms with Crippen molar-refractivity contribution in [3.05, 3.63) is 99.5 Å². The number of hydrogen-bond acceptors (Lipinski definition) is 10. The number of nitrogens with one attached hydrogen (secondary N) is 2. The van der Waals surface area contributed by atoms with Crippen molar-refractivity contribution in [3.63, 3.8) is 0 Å². The molecule has 290 valence electrons. The van der Waals surface area contributed by atoms with Crippen molar-refractivity contribution in [3.8, 4) is 5.75 Å². The first-order valence-electron chi connectivity index (χ1n) is 19.4. The number of morpholine rings is 1. The second-order valence-electron chi connectivity index (χ2n) is 14.7. The van der Waals surface area contributed by atoms with Crippen LogP contribution < -0.4 is 15.8 Å². The van der Waals surface area contributed by atoms with E-state index in [1.807, 2.05) is 6.20 Å². The number of rotatable bonds is 17. The number of anilines is 1. The lowest BCUT2D eigenvalue weighted by atomic mass is 9.89. The average Bonchev–Trinajstić information content (AvgIpc) is 3.19. The highest BCUT2D eigenvalue weighted by atomic mass is 16.5. The van der Waals surface area contributed by atoms with Crippen LogP contribution in [0.3, 0.4) is 0 Å². The summed E-state index contributed by atoms with van der Waals surface area (Å²) in [6.07, 6.45) is 6.29. The van der Waals surface area contributed by atoms with Crippen molar-refractivity contribution in [2.45, 2.75) is 57.2 Å². The molecule has 2 aromatic carbocycles. The van der Waals surface area contributed by atoms with Crippen LogP contribution >= 0.6 is 0 Å². The fourth-order valence-corrected chi connectivity index (χ4v) is 7.52. The second kappa shape index (κ2) is 18.8. The van der Waals surface area contributed by atoms with Crippen LogP contribution in [0.2, 0.25) is 0 Å². The number of aromatic nitrogens is 2. The minimum absolute atomic E-state index is 0.00241. The SMILES string of the molecule is CCc1ccnc(N2CCOC3(CCN(CCc4cccc(CCOCCC(=O)N(C)CCNC[C@H](O)c5ccc(O)c6[nH]c(=O)ccc56)c4)CC3)C2)c1. The Kier molecular flexibility index (Phi) is 13.7. The molecule has 12 heteroatoms. The zero-order valence-electron chi connectivity index (χ0n) is 31.8. The standard InChI is InChI=1S/C42H56N6O6/c1-3-31-11-17-44-38(28-31)48-23-26-54-42(30-48)15-20-47(21-16-42)19-12-32-5-4-6-33(27-32)13-24-53-25-14-40(52)46(2)22-18-43-29-37(50)34-7-9-36(49)41-35(34)8-10-39(51)45-41/h4-11,17,27-28,37,43,49-50H,3,12-16,18-26,29-30H2,1-2H3,(H,45,51)/t37-/m0/s1. The van der Waals surface area contributed by atoms with Gasteiger partial charge in [-0.25, -0.2) is 4.98 Å². The Morgan fingerprint density at radius 1 is 1.06 bits per heavy atom. The molecule has 2 aromatic heterocycles. The van der Waals surface area contributed by atoms with Gasteiger partial charge in [-0.1, -0.05) is 37.3 Å². The van der Waals surface area contributed by atoms with Gasteiger partial charge in [0.2, 0.25) is 11.5 Å². The summed E-state index contributed by atoms with van der Waals surface area (Å²) in [5, 5.41) is 24.6. The van der Waals surface area contributed by atoms with Crippen molar-refractivity contribution in [1.82, 2.24) is 25.1 Å². The molecule has 1 spiro atoms. The van der Waals surface area contributed by atoms with Crippen LogP contribution in [0.15, 0.2) is 71.7 Å². The van der Waals surface area contributed by atoms with E-state index in [1.165, 1.54) is 28.8 Å². The van der Waals surface area contributed by atoms with Gasteiger partial charge in [-0.3, -0.25) is 9.59 Å². The number of carbonyl (C=O) groups excluding carboxylic acids is 1. The molecule has 0 radical (unpaired) electrons. The first kappa shape index (κ1) is 39.4. The molecule has 6 rings (SSSR count). The van der Waals surface area contributed by atoms with E-state index in [0.29, 0.717) is 49.2 Å². The molecule has 1 amide bonds. The van der Waals surface area contributed by atoms with Gasteiger partial charge in [0.05, 0.1) is 43.5 Å². The monoisotopic (exact) mass is 740 g/mol. The number of piperidine rings is 1. The molecular weight excluding hydrogens is 684 g/mol. The zero-order valence-corrected chi connectivity index (χ0v) is 31.8. The number of aryl methyl sites for hydroxylation is 1. The van der Waals surface area contributed by atoms with Crippen LogP contribution in [0.5, 0.6) is 5.75 Å². The number of likely N-dealkylation sites (N-methyl/N-ethyl adjacent to an activating group) is 1. The summed E-state index contributed by atoms with van der Waals surface area (Å²) >= 11 is 0. The quantitative estimate of drug-likeness (QED) is 0.118. The highest BCUT2D eigenvalue weighted by Gasteiger charge is 2.40. The number of likely N-dealkylation sites (tertiary alicyclic amines) is 1. The fraction of sp³-hybridized carbons (Fsp3) is 0.500. The van der Waals surface area contributed by atoms with Crippen molar-refractivity contribution >= 4 is 22.6 Å². The number of aliphatic hydroxyl groups excluding tert-OH is 1. The summed E-state index contributed by atoms with van der Waals surface area (Å²) in [4.78, 5) is 38.2. The number of phenolic OH excluding ortho intramolecular Hbond substituents is 1. The predicted octanol–water partition coefficient (Wildman–Crippen LogP) is 3.84. The summed E-state index contributed by atoms with van der Waals surface area (Å²) in [5.41, 5.74) is 4.39. The zero-order chi connectivity index (χ0) is 37.9. The van der Waals surface area contributed by atoms with Crippen LogP contribution in [0.4, 0.5) is 5.82 Å². The lowest BCUT2D eigenvalue weighted by molar-refractivity contribution is -0.131. The van der Waals surface area contributed by atoms with Gasteiger partial charge in [-0.2, -0.15) is 0 Å². The highest BCUT2D eigenvalue weighted by Crippen LogP contribution is 2.32. The number of pyridine rings is 2. The lowest BCUT2D eigenvalue weighted by Gasteiger charge is -2.47. The number of aliphatic hydroxyl groups is 1. The lowest BCUT2D eigenvalue weighted by Crippen LogP contribution is -2.57. The molecule has 0 unspecified atom stereocenters. The average molecular weight is 741 g/mol. The largest absolute Gasteiger partial charge is 0.506 e. The molecule has 0 bridgehead atoms. The van der Waals surface area contributed by atoms with Gasteiger partial charge in [-0.05, 0) is 78.6 Å². The Balaban J connectivity index is 0.838. The van der Waals surface area contributed by atoms with Crippen LogP contribution in [-0.4, -0.2) is 121 Å². The molecule has 4 aromatic rings.